The molecule has 33 heavy (non-hydrogen) atoms. The summed E-state index contributed by atoms with van der Waals surface area (Å²) in [4.78, 5) is 38.0. The van der Waals surface area contributed by atoms with E-state index in [0.717, 1.165) is 22.3 Å². The first-order valence-corrected chi connectivity index (χ1v) is 11.1. The van der Waals surface area contributed by atoms with Crippen molar-refractivity contribution >= 4 is 18.0 Å². The maximum atomic E-state index is 12.8. The summed E-state index contributed by atoms with van der Waals surface area (Å²) in [6, 6.07) is 14.7. The highest BCUT2D eigenvalue weighted by Crippen LogP contribution is 2.44. The van der Waals surface area contributed by atoms with Gasteiger partial charge in [0.15, 0.2) is 0 Å². The zero-order valence-electron chi connectivity index (χ0n) is 18.4. The molecule has 2 aliphatic carbocycles. The average Bonchev–Trinajstić information content (AvgIpc) is 3.09. The average molecular weight is 453 g/mol. The van der Waals surface area contributed by atoms with Crippen LogP contribution in [-0.4, -0.2) is 65.4 Å². The number of aliphatic hydroxyl groups is 1. The van der Waals surface area contributed by atoms with E-state index in [0.29, 0.717) is 19.4 Å². The van der Waals surface area contributed by atoms with Crippen molar-refractivity contribution in [3.63, 3.8) is 0 Å². The Hall–Kier alpha value is -3.39. The minimum atomic E-state index is -1.23. The predicted octanol–water partition coefficient (Wildman–Crippen LogP) is 2.60. The second-order valence-corrected chi connectivity index (χ2v) is 8.83. The number of aliphatic carboxylic acids is 1. The summed E-state index contributed by atoms with van der Waals surface area (Å²) in [5.74, 6) is -1.65. The van der Waals surface area contributed by atoms with Crippen LogP contribution in [0.4, 0.5) is 4.79 Å². The van der Waals surface area contributed by atoms with Crippen molar-refractivity contribution in [3.05, 3.63) is 59.7 Å². The second kappa shape index (κ2) is 9.62. The molecule has 1 fully saturated rings. The van der Waals surface area contributed by atoms with Crippen molar-refractivity contribution in [1.82, 2.24) is 10.2 Å². The number of likely N-dealkylation sites (N-methyl/N-ethyl adjacent to an activating group) is 1. The van der Waals surface area contributed by atoms with Crippen molar-refractivity contribution < 1.29 is 29.3 Å². The minimum absolute atomic E-state index is 0.0731. The highest BCUT2D eigenvalue weighted by atomic mass is 16.5. The topological polar surface area (TPSA) is 116 Å². The van der Waals surface area contributed by atoms with E-state index in [1.807, 2.05) is 48.5 Å². The maximum absolute atomic E-state index is 12.8. The number of carbonyl (C=O) groups excluding carboxylic acids is 2. The van der Waals surface area contributed by atoms with Crippen LogP contribution in [0.5, 0.6) is 0 Å². The molecule has 0 bridgehead atoms. The lowest BCUT2D eigenvalue weighted by atomic mass is 9.82. The summed E-state index contributed by atoms with van der Waals surface area (Å²) in [5.41, 5.74) is 4.33. The van der Waals surface area contributed by atoms with Crippen molar-refractivity contribution in [1.29, 1.82) is 0 Å². The molecule has 0 spiro atoms. The fourth-order valence-corrected chi connectivity index (χ4v) is 4.75. The summed E-state index contributed by atoms with van der Waals surface area (Å²) in [6.45, 7) is 0.474. The molecule has 1 saturated carbocycles. The second-order valence-electron chi connectivity index (χ2n) is 8.83. The van der Waals surface area contributed by atoms with E-state index >= 15 is 0 Å². The van der Waals surface area contributed by atoms with Gasteiger partial charge >= 0.3 is 12.1 Å². The molecule has 1 atom stereocenters. The van der Waals surface area contributed by atoms with Crippen LogP contribution in [0.1, 0.15) is 36.3 Å². The first kappa shape index (κ1) is 22.8. The molecule has 2 aliphatic rings. The summed E-state index contributed by atoms with van der Waals surface area (Å²) in [6.07, 6.45) is -0.487. The molecule has 0 radical (unpaired) electrons. The Labute approximate surface area is 192 Å². The smallest absolute Gasteiger partial charge is 0.407 e. The Morgan fingerprint density at radius 1 is 1.06 bits per heavy atom. The van der Waals surface area contributed by atoms with Crippen molar-refractivity contribution in [2.75, 3.05) is 20.2 Å². The zero-order valence-corrected chi connectivity index (χ0v) is 18.4. The third-order valence-corrected chi connectivity index (χ3v) is 6.43. The van der Waals surface area contributed by atoms with Gasteiger partial charge < -0.3 is 25.2 Å². The number of benzene rings is 2. The fraction of sp³-hybridized carbons (Fsp3) is 0.400. The number of aliphatic hydroxyl groups excluding tert-OH is 1. The van der Waals surface area contributed by atoms with Gasteiger partial charge in [-0.15, -0.1) is 0 Å². The normalized spacial score (nSPS) is 19.6. The molecule has 2 aromatic carbocycles. The third-order valence-electron chi connectivity index (χ3n) is 6.43. The van der Waals surface area contributed by atoms with Gasteiger partial charge in [0.25, 0.3) is 0 Å². The largest absolute Gasteiger partial charge is 0.481 e. The minimum Gasteiger partial charge on any atom is -0.481 e. The number of hydrogen-bond donors (Lipinski definition) is 3. The number of nitrogens with zero attached hydrogens (tertiary/aromatic N) is 1. The Kier molecular flexibility index (Phi) is 6.65. The van der Waals surface area contributed by atoms with Crippen LogP contribution in [0, 0.1) is 5.92 Å². The molecule has 174 valence electrons. The van der Waals surface area contributed by atoms with Gasteiger partial charge in [0, 0.05) is 19.5 Å². The molecule has 0 aliphatic heterocycles. The maximum Gasteiger partial charge on any atom is 0.407 e. The quantitative estimate of drug-likeness (QED) is 0.567. The van der Waals surface area contributed by atoms with Gasteiger partial charge in [0.1, 0.15) is 12.6 Å². The fourth-order valence-electron chi connectivity index (χ4n) is 4.75. The SMILES string of the molecule is CN(CC1CC(O)C1)C(=O)C(CC(=O)O)NC(=O)OCC1c2ccccc2-c2ccccc21. The Bertz CT molecular complexity index is 1000. The van der Waals surface area contributed by atoms with Gasteiger partial charge in [-0.3, -0.25) is 9.59 Å². The predicted molar refractivity (Wildman–Crippen MR) is 121 cm³/mol. The van der Waals surface area contributed by atoms with E-state index in [1.54, 1.807) is 7.05 Å². The van der Waals surface area contributed by atoms with Gasteiger partial charge in [-0.1, -0.05) is 48.5 Å². The van der Waals surface area contributed by atoms with Crippen LogP contribution in [0.2, 0.25) is 0 Å². The van der Waals surface area contributed by atoms with Crippen LogP contribution in [0.3, 0.4) is 0 Å². The highest BCUT2D eigenvalue weighted by molar-refractivity contribution is 5.89. The number of ether oxygens (including phenoxy) is 1. The van der Waals surface area contributed by atoms with Gasteiger partial charge in [-0.05, 0) is 41.0 Å². The lowest BCUT2D eigenvalue weighted by molar-refractivity contribution is -0.142. The number of carboxylic acids is 1. The van der Waals surface area contributed by atoms with Gasteiger partial charge in [-0.2, -0.15) is 0 Å². The number of nitrogens with one attached hydrogen (secondary N) is 1. The molecule has 0 heterocycles. The first-order chi connectivity index (χ1) is 15.8. The van der Waals surface area contributed by atoms with Crippen LogP contribution in [0.15, 0.2) is 48.5 Å². The van der Waals surface area contributed by atoms with E-state index in [1.165, 1.54) is 4.90 Å². The van der Waals surface area contributed by atoms with Gasteiger partial charge in [0.05, 0.1) is 12.5 Å². The Balaban J connectivity index is 1.39. The zero-order chi connectivity index (χ0) is 23.5. The van der Waals surface area contributed by atoms with Crippen LogP contribution in [0.25, 0.3) is 11.1 Å². The molecular formula is C25H28N2O6. The number of alkyl carbamates (subject to hydrolysis) is 1. The van der Waals surface area contributed by atoms with Crippen molar-refractivity contribution in [2.24, 2.45) is 5.92 Å². The van der Waals surface area contributed by atoms with E-state index in [2.05, 4.69) is 5.32 Å². The van der Waals surface area contributed by atoms with Crippen LogP contribution < -0.4 is 5.32 Å². The van der Waals surface area contributed by atoms with E-state index in [-0.39, 0.29) is 24.5 Å². The summed E-state index contributed by atoms with van der Waals surface area (Å²) in [7, 11) is 1.57. The van der Waals surface area contributed by atoms with Crippen molar-refractivity contribution in [2.45, 2.75) is 37.3 Å². The molecule has 4 rings (SSSR count). The molecule has 8 heteroatoms. The summed E-state index contributed by atoms with van der Waals surface area (Å²) in [5, 5.41) is 21.1. The molecule has 1 unspecified atom stereocenters. The molecular weight excluding hydrogens is 424 g/mol. The van der Waals surface area contributed by atoms with E-state index in [9.17, 15) is 24.6 Å². The number of hydrogen-bond acceptors (Lipinski definition) is 5. The van der Waals surface area contributed by atoms with Crippen LogP contribution >= 0.6 is 0 Å². The number of carboxylic acid groups (broad SMARTS) is 1. The lowest BCUT2D eigenvalue weighted by Gasteiger charge is -2.35. The van der Waals surface area contributed by atoms with E-state index in [4.69, 9.17) is 4.74 Å². The lowest BCUT2D eigenvalue weighted by Crippen LogP contribution is -2.50. The summed E-state index contributed by atoms with van der Waals surface area (Å²) < 4.78 is 5.46. The molecule has 2 aromatic rings. The monoisotopic (exact) mass is 452 g/mol. The number of fused-ring (bicyclic) bond motifs is 3. The standard InChI is InChI=1S/C25H28N2O6/c1-27(13-15-10-16(28)11-15)24(31)22(12-23(29)30)26-25(32)33-14-21-19-8-4-2-6-17(19)18-7-3-5-9-20(18)21/h2-9,15-16,21-22,28H,10-14H2,1H3,(H,26,32)(H,29,30). The molecule has 2 amide bonds. The van der Waals surface area contributed by atoms with Gasteiger partial charge in [0.2, 0.25) is 5.91 Å². The molecule has 0 aromatic heterocycles. The Morgan fingerprint density at radius 3 is 2.18 bits per heavy atom. The third kappa shape index (κ3) is 5.01. The number of rotatable bonds is 8. The molecule has 8 nitrogen and oxygen atoms in total. The number of amides is 2. The molecule has 0 saturated heterocycles. The number of carbonyl (C=O) groups is 3. The van der Waals surface area contributed by atoms with Gasteiger partial charge in [-0.25, -0.2) is 4.79 Å². The Morgan fingerprint density at radius 2 is 1.64 bits per heavy atom. The highest BCUT2D eigenvalue weighted by Gasteiger charge is 2.33. The first-order valence-electron chi connectivity index (χ1n) is 11.1. The van der Waals surface area contributed by atoms with E-state index < -0.39 is 30.4 Å². The van der Waals surface area contributed by atoms with Crippen LogP contribution in [-0.2, 0) is 14.3 Å². The molecule has 3 N–H and O–H groups in total. The van der Waals surface area contributed by atoms with Crippen molar-refractivity contribution in [3.8, 4) is 11.1 Å². The summed E-state index contributed by atoms with van der Waals surface area (Å²) >= 11 is 0.